The summed E-state index contributed by atoms with van der Waals surface area (Å²) in [5.41, 5.74) is 1.06. The van der Waals surface area contributed by atoms with Gasteiger partial charge in [-0.1, -0.05) is 30.8 Å². The summed E-state index contributed by atoms with van der Waals surface area (Å²) >= 11 is 0. The highest BCUT2D eigenvalue weighted by molar-refractivity contribution is 7.81. The molecule has 100 valence electrons. The topological polar surface area (TPSA) is 93.6 Å². The van der Waals surface area contributed by atoms with Crippen LogP contribution in [-0.2, 0) is 19.4 Å². The van der Waals surface area contributed by atoms with Crippen molar-refractivity contribution in [1.82, 2.24) is 4.98 Å². The second kappa shape index (κ2) is 6.62. The molecule has 0 radical (unpaired) electrons. The van der Waals surface area contributed by atoms with Crippen LogP contribution in [0.5, 0.6) is 0 Å². The van der Waals surface area contributed by atoms with Crippen LogP contribution in [0.1, 0.15) is 0 Å². The van der Waals surface area contributed by atoms with Crippen molar-refractivity contribution in [3.63, 3.8) is 0 Å². The number of carbonyl (C=O) groups excluding carboxylic acids is 1. The minimum atomic E-state index is -4.66. The molecule has 0 aliphatic heterocycles. The van der Waals surface area contributed by atoms with Gasteiger partial charge in [-0.25, -0.2) is 4.79 Å². The Morgan fingerprint density at radius 3 is 2.42 bits per heavy atom. The van der Waals surface area contributed by atoms with Crippen molar-refractivity contribution < 1.29 is 21.9 Å². The Labute approximate surface area is 110 Å². The molecule has 1 N–H and O–H groups in total. The summed E-state index contributed by atoms with van der Waals surface area (Å²) in [4.78, 5) is 14.1. The number of rotatable bonds is 2. The van der Waals surface area contributed by atoms with E-state index in [2.05, 4.69) is 27.9 Å². The van der Waals surface area contributed by atoms with Gasteiger partial charge in [-0.05, 0) is 12.1 Å². The molecule has 7 heteroatoms. The Bertz CT molecular complexity index is 616. The van der Waals surface area contributed by atoms with Crippen LogP contribution in [0.25, 0.3) is 10.9 Å². The summed E-state index contributed by atoms with van der Waals surface area (Å²) in [5, 5.41) is 1.20. The van der Waals surface area contributed by atoms with Gasteiger partial charge in [0.1, 0.15) is 0 Å². The van der Waals surface area contributed by atoms with Gasteiger partial charge in [0, 0.05) is 17.7 Å². The third-order valence-corrected chi connectivity index (χ3v) is 2.24. The van der Waals surface area contributed by atoms with Crippen LogP contribution in [0, 0.1) is 0 Å². The summed E-state index contributed by atoms with van der Waals surface area (Å²) in [6.45, 7) is 2.89. The Balaban J connectivity index is 0.000000192. The van der Waals surface area contributed by atoms with Crippen LogP contribution in [-0.4, -0.2) is 23.9 Å². The van der Waals surface area contributed by atoms with Crippen LogP contribution in [0.2, 0.25) is 0 Å². The molecule has 2 aromatic rings. The van der Waals surface area contributed by atoms with E-state index in [-0.39, 0.29) is 0 Å². The second-order valence-corrected chi connectivity index (χ2v) is 4.25. The van der Waals surface area contributed by atoms with E-state index in [9.17, 15) is 13.2 Å². The first-order valence-electron chi connectivity index (χ1n) is 5.05. The first-order chi connectivity index (χ1) is 8.92. The highest BCUT2D eigenvalue weighted by Crippen LogP contribution is 2.07. The summed E-state index contributed by atoms with van der Waals surface area (Å²) in [6.07, 6.45) is 2.43. The molecule has 0 saturated heterocycles. The van der Waals surface area contributed by atoms with Crippen molar-refractivity contribution in [3.05, 3.63) is 55.3 Å². The second-order valence-electron chi connectivity index (χ2n) is 3.23. The molecule has 1 aromatic heterocycles. The van der Waals surface area contributed by atoms with Crippen molar-refractivity contribution in [2.75, 3.05) is 0 Å². The minimum absolute atomic E-state index is 0.619. The number of para-hydroxylation sites is 1. The third-order valence-electron chi connectivity index (χ3n) is 1.87. The monoisotopic (exact) mass is 281 g/mol. The number of hydrogen-bond donors (Lipinski definition) is 1. The molecule has 0 aliphatic rings. The van der Waals surface area contributed by atoms with Crippen molar-refractivity contribution in [2.45, 2.75) is 0 Å². The lowest BCUT2D eigenvalue weighted by Crippen LogP contribution is -2.08. The zero-order valence-electron chi connectivity index (χ0n) is 9.76. The van der Waals surface area contributed by atoms with Crippen molar-refractivity contribution in [2.24, 2.45) is 0 Å². The highest BCUT2D eigenvalue weighted by Gasteiger charge is 2.07. The van der Waals surface area contributed by atoms with Gasteiger partial charge in [0.05, 0.1) is 5.52 Å². The quantitative estimate of drug-likeness (QED) is 0.665. The highest BCUT2D eigenvalue weighted by atomic mass is 32.3. The Kier molecular flexibility index (Phi) is 5.16. The lowest BCUT2D eigenvalue weighted by molar-refractivity contribution is -0.128. The number of aromatic nitrogens is 1. The van der Waals surface area contributed by atoms with Gasteiger partial charge in [0.2, 0.25) is 0 Å². The van der Waals surface area contributed by atoms with Crippen LogP contribution < -0.4 is 0 Å². The average Bonchev–Trinajstić information content (AvgIpc) is 2.37. The standard InChI is InChI=1S/C9H7N.C3H4O5S/c1-2-6-9-8(4-1)5-3-7-10-9;1-2-3(4)8-9(5,6)7/h1-7H;2H,1H2,(H,5,6,7). The van der Waals surface area contributed by atoms with Gasteiger partial charge >= 0.3 is 16.4 Å². The van der Waals surface area contributed by atoms with Crippen molar-refractivity contribution in [3.8, 4) is 0 Å². The zero-order valence-corrected chi connectivity index (χ0v) is 10.6. The maximum atomic E-state index is 9.95. The third kappa shape index (κ3) is 5.75. The molecule has 0 atom stereocenters. The van der Waals surface area contributed by atoms with Crippen LogP contribution in [0.4, 0.5) is 0 Å². The molecule has 0 spiro atoms. The number of fused-ring (bicyclic) bond motifs is 1. The predicted molar refractivity (Wildman–Crippen MR) is 69.6 cm³/mol. The summed E-state index contributed by atoms with van der Waals surface area (Å²) in [6, 6.07) is 12.1. The molecule has 0 fully saturated rings. The number of nitrogens with zero attached hydrogens (tertiary/aromatic N) is 1. The smallest absolute Gasteiger partial charge is 0.321 e. The maximum Gasteiger partial charge on any atom is 0.449 e. The van der Waals surface area contributed by atoms with E-state index in [0.717, 1.165) is 5.52 Å². The molecule has 2 rings (SSSR count). The van der Waals surface area contributed by atoms with Gasteiger partial charge in [0.25, 0.3) is 0 Å². The number of benzene rings is 1. The number of carbonyl (C=O) groups is 1. The molecule has 0 amide bonds. The first kappa shape index (κ1) is 14.8. The van der Waals surface area contributed by atoms with Gasteiger partial charge in [-0.2, -0.15) is 8.42 Å². The molecule has 19 heavy (non-hydrogen) atoms. The lowest BCUT2D eigenvalue weighted by atomic mass is 10.2. The zero-order chi connectivity index (χ0) is 14.3. The van der Waals surface area contributed by atoms with Crippen molar-refractivity contribution in [1.29, 1.82) is 0 Å². The Morgan fingerprint density at radius 2 is 1.89 bits per heavy atom. The van der Waals surface area contributed by atoms with E-state index in [1.54, 1.807) is 0 Å². The Hall–Kier alpha value is -2.25. The van der Waals surface area contributed by atoms with Gasteiger partial charge < -0.3 is 4.18 Å². The van der Waals surface area contributed by atoms with E-state index < -0.39 is 16.4 Å². The fourth-order valence-electron chi connectivity index (χ4n) is 1.15. The van der Waals surface area contributed by atoms with E-state index >= 15 is 0 Å². The largest absolute Gasteiger partial charge is 0.449 e. The molecule has 1 heterocycles. The van der Waals surface area contributed by atoms with E-state index in [0.29, 0.717) is 6.08 Å². The Morgan fingerprint density at radius 1 is 1.26 bits per heavy atom. The van der Waals surface area contributed by atoms with Gasteiger partial charge in [-0.15, -0.1) is 0 Å². The average molecular weight is 281 g/mol. The number of pyridine rings is 1. The summed E-state index contributed by atoms with van der Waals surface area (Å²) in [7, 11) is -4.66. The normalized spacial score (nSPS) is 10.2. The van der Waals surface area contributed by atoms with Crippen LogP contribution in [0.15, 0.2) is 55.3 Å². The van der Waals surface area contributed by atoms with E-state index in [4.69, 9.17) is 4.55 Å². The number of hydrogen-bond acceptors (Lipinski definition) is 5. The molecule has 0 bridgehead atoms. The molecule has 6 nitrogen and oxygen atoms in total. The summed E-state index contributed by atoms with van der Waals surface area (Å²) < 4.78 is 30.5. The fraction of sp³-hybridized carbons (Fsp3) is 0. The fourth-order valence-corrected chi connectivity index (χ4v) is 1.43. The van der Waals surface area contributed by atoms with Gasteiger partial charge in [0.15, 0.2) is 0 Å². The molecule has 1 aromatic carbocycles. The van der Waals surface area contributed by atoms with Crippen LogP contribution in [0.3, 0.4) is 0 Å². The van der Waals surface area contributed by atoms with E-state index in [1.807, 2.05) is 30.5 Å². The molecule has 0 aliphatic carbocycles. The lowest BCUT2D eigenvalue weighted by Gasteiger charge is -1.91. The summed E-state index contributed by atoms with van der Waals surface area (Å²) in [5.74, 6) is -1.21. The maximum absolute atomic E-state index is 9.95. The van der Waals surface area contributed by atoms with E-state index in [1.165, 1.54) is 5.39 Å². The molecular formula is C12H11NO5S. The SMILES string of the molecule is C=CC(=O)OS(=O)(=O)O.c1ccc2ncccc2c1. The molecular weight excluding hydrogens is 270 g/mol. The first-order valence-corrected chi connectivity index (χ1v) is 6.42. The molecule has 0 saturated carbocycles. The molecule has 0 unspecified atom stereocenters. The van der Waals surface area contributed by atoms with Gasteiger partial charge in [-0.3, -0.25) is 9.54 Å². The van der Waals surface area contributed by atoms with Crippen molar-refractivity contribution >= 4 is 27.3 Å². The predicted octanol–water partition coefficient (Wildman–Crippen LogP) is 1.75. The minimum Gasteiger partial charge on any atom is -0.321 e. The van der Waals surface area contributed by atoms with Crippen LogP contribution >= 0.6 is 0 Å².